The second-order valence-electron chi connectivity index (χ2n) is 1.93. The molecule has 1 heterocycles. The normalized spacial score (nSPS) is 9.64. The first-order valence-corrected chi connectivity index (χ1v) is 3.60. The fraction of sp³-hybridized carbons (Fsp3) is 0.286. The third kappa shape index (κ3) is 1.74. The summed E-state index contributed by atoms with van der Waals surface area (Å²) in [5.41, 5.74) is 0.355. The Bertz CT molecular complexity index is 257. The van der Waals surface area contributed by atoms with Gasteiger partial charge in [0.2, 0.25) is 0 Å². The van der Waals surface area contributed by atoms with Gasteiger partial charge in [-0.1, -0.05) is 0 Å². The van der Waals surface area contributed by atoms with E-state index in [0.29, 0.717) is 12.3 Å². The molecular weight excluding hydrogens is 166 g/mol. The highest BCUT2D eigenvalue weighted by Gasteiger charge is 2.09. The molecule has 0 radical (unpaired) electrons. The van der Waals surface area contributed by atoms with E-state index in [4.69, 9.17) is 16.5 Å². The van der Waals surface area contributed by atoms with Crippen LogP contribution in [-0.2, 0) is 4.74 Å². The number of aromatic nitrogens is 1. The van der Waals surface area contributed by atoms with Crippen molar-refractivity contribution >= 4 is 17.7 Å². The van der Waals surface area contributed by atoms with E-state index < -0.39 is 5.97 Å². The minimum atomic E-state index is -0.396. The number of rotatable bonds is 2. The lowest BCUT2D eigenvalue weighted by molar-refractivity contribution is 0.0518. The van der Waals surface area contributed by atoms with Crippen LogP contribution in [-0.4, -0.2) is 16.7 Å². The average molecular weight is 174 g/mol. The summed E-state index contributed by atoms with van der Waals surface area (Å²) in [5, 5.41) is 0. The molecule has 0 aliphatic rings. The van der Waals surface area contributed by atoms with Crippen LogP contribution in [0.5, 0.6) is 0 Å². The van der Waals surface area contributed by atoms with Crippen LogP contribution in [0.1, 0.15) is 17.4 Å². The highest BCUT2D eigenvalue weighted by molar-refractivity contribution is 6.17. The standard InChI is InChI=1S/C7H8ClNO2/c1-2-11-7(10)6-4-3-5-9(6)8/h3-5H,2H2,1H3. The molecule has 1 aromatic heterocycles. The lowest BCUT2D eigenvalue weighted by atomic mass is 10.4. The van der Waals surface area contributed by atoms with Gasteiger partial charge in [-0.25, -0.2) is 4.79 Å². The minimum absolute atomic E-state index is 0.355. The number of nitrogens with zero attached hydrogens (tertiary/aromatic N) is 1. The van der Waals surface area contributed by atoms with Crippen molar-refractivity contribution in [3.63, 3.8) is 0 Å². The molecule has 0 spiro atoms. The van der Waals surface area contributed by atoms with E-state index in [2.05, 4.69) is 0 Å². The highest BCUT2D eigenvalue weighted by Crippen LogP contribution is 2.05. The zero-order valence-electron chi connectivity index (χ0n) is 6.08. The Kier molecular flexibility index (Phi) is 2.54. The van der Waals surface area contributed by atoms with Crippen LogP contribution in [0, 0.1) is 0 Å². The van der Waals surface area contributed by atoms with Gasteiger partial charge in [-0.15, -0.1) is 0 Å². The van der Waals surface area contributed by atoms with Crippen molar-refractivity contribution in [2.45, 2.75) is 6.92 Å². The number of halogens is 1. The van der Waals surface area contributed by atoms with Crippen molar-refractivity contribution < 1.29 is 9.53 Å². The Morgan fingerprint density at radius 1 is 1.82 bits per heavy atom. The molecule has 0 unspecified atom stereocenters. The summed E-state index contributed by atoms with van der Waals surface area (Å²) in [7, 11) is 0. The van der Waals surface area contributed by atoms with Crippen LogP contribution >= 0.6 is 11.8 Å². The topological polar surface area (TPSA) is 31.2 Å². The van der Waals surface area contributed by atoms with Gasteiger partial charge < -0.3 is 4.74 Å². The predicted molar refractivity (Wildman–Crippen MR) is 41.6 cm³/mol. The van der Waals surface area contributed by atoms with E-state index in [1.165, 1.54) is 4.09 Å². The molecule has 0 fully saturated rings. The van der Waals surface area contributed by atoms with Gasteiger partial charge in [0.05, 0.1) is 6.61 Å². The van der Waals surface area contributed by atoms with Crippen LogP contribution < -0.4 is 0 Å². The Balaban J connectivity index is 2.76. The van der Waals surface area contributed by atoms with E-state index >= 15 is 0 Å². The summed E-state index contributed by atoms with van der Waals surface area (Å²) in [6.45, 7) is 2.11. The molecule has 11 heavy (non-hydrogen) atoms. The molecule has 1 rings (SSSR count). The molecule has 4 heteroatoms. The van der Waals surface area contributed by atoms with Crippen molar-refractivity contribution in [2.75, 3.05) is 6.61 Å². The fourth-order valence-corrected chi connectivity index (χ4v) is 0.912. The molecule has 0 aromatic carbocycles. The quantitative estimate of drug-likeness (QED) is 0.637. The molecule has 1 aromatic rings. The summed E-state index contributed by atoms with van der Waals surface area (Å²) >= 11 is 5.59. The number of hydrogen-bond donors (Lipinski definition) is 0. The van der Waals surface area contributed by atoms with Gasteiger partial charge in [-0.2, -0.15) is 0 Å². The van der Waals surface area contributed by atoms with E-state index in [-0.39, 0.29) is 0 Å². The summed E-state index contributed by atoms with van der Waals surface area (Å²) < 4.78 is 5.93. The zero-order chi connectivity index (χ0) is 8.27. The second kappa shape index (κ2) is 3.44. The van der Waals surface area contributed by atoms with Crippen LogP contribution in [0.4, 0.5) is 0 Å². The van der Waals surface area contributed by atoms with Crippen molar-refractivity contribution in [3.05, 3.63) is 24.0 Å². The monoisotopic (exact) mass is 173 g/mol. The average Bonchev–Trinajstić information content (AvgIpc) is 2.36. The Hall–Kier alpha value is -0.960. The van der Waals surface area contributed by atoms with Gasteiger partial charge in [-0.05, 0) is 19.1 Å². The number of carbonyl (C=O) groups excluding carboxylic acids is 1. The summed E-state index contributed by atoms with van der Waals surface area (Å²) in [5.74, 6) is -0.396. The maximum Gasteiger partial charge on any atom is 0.356 e. The van der Waals surface area contributed by atoms with Gasteiger partial charge in [0.15, 0.2) is 0 Å². The van der Waals surface area contributed by atoms with E-state index in [1.54, 1.807) is 25.3 Å². The largest absolute Gasteiger partial charge is 0.461 e. The Labute approximate surface area is 69.6 Å². The maximum atomic E-state index is 11.0. The van der Waals surface area contributed by atoms with Gasteiger partial charge in [-0.3, -0.25) is 4.09 Å². The molecule has 60 valence electrons. The SMILES string of the molecule is CCOC(=O)c1cccn1Cl. The van der Waals surface area contributed by atoms with Crippen molar-refractivity contribution in [1.82, 2.24) is 4.09 Å². The highest BCUT2D eigenvalue weighted by atomic mass is 35.5. The predicted octanol–water partition coefficient (Wildman–Crippen LogP) is 1.67. The first kappa shape index (κ1) is 8.14. The number of hydrogen-bond acceptors (Lipinski definition) is 2. The number of carbonyl (C=O) groups is 1. The van der Waals surface area contributed by atoms with Crippen LogP contribution in [0.3, 0.4) is 0 Å². The lowest BCUT2D eigenvalue weighted by Gasteiger charge is -1.99. The van der Waals surface area contributed by atoms with Gasteiger partial charge in [0.1, 0.15) is 5.69 Å². The summed E-state index contributed by atoms with van der Waals surface area (Å²) in [6.07, 6.45) is 1.58. The molecule has 0 aliphatic heterocycles. The molecule has 0 aliphatic carbocycles. The van der Waals surface area contributed by atoms with Crippen LogP contribution in [0.15, 0.2) is 18.3 Å². The van der Waals surface area contributed by atoms with E-state index in [1.807, 2.05) is 0 Å². The number of esters is 1. The van der Waals surface area contributed by atoms with Crippen LogP contribution in [0.2, 0.25) is 0 Å². The first-order chi connectivity index (χ1) is 5.25. The van der Waals surface area contributed by atoms with E-state index in [9.17, 15) is 4.79 Å². The molecule has 0 saturated carbocycles. The van der Waals surface area contributed by atoms with Gasteiger partial charge in [0, 0.05) is 18.0 Å². The molecule has 0 saturated heterocycles. The number of ether oxygens (including phenoxy) is 1. The van der Waals surface area contributed by atoms with E-state index in [0.717, 1.165) is 0 Å². The molecular formula is C7H8ClNO2. The second-order valence-corrected chi connectivity index (χ2v) is 2.29. The van der Waals surface area contributed by atoms with Gasteiger partial charge >= 0.3 is 5.97 Å². The van der Waals surface area contributed by atoms with Crippen LogP contribution in [0.25, 0.3) is 0 Å². The maximum absolute atomic E-state index is 11.0. The molecule has 0 atom stereocenters. The van der Waals surface area contributed by atoms with Crippen molar-refractivity contribution in [1.29, 1.82) is 0 Å². The third-order valence-electron chi connectivity index (χ3n) is 1.19. The smallest absolute Gasteiger partial charge is 0.356 e. The molecule has 0 bridgehead atoms. The first-order valence-electron chi connectivity index (χ1n) is 3.26. The minimum Gasteiger partial charge on any atom is -0.461 e. The van der Waals surface area contributed by atoms with Crippen molar-refractivity contribution in [3.8, 4) is 0 Å². The summed E-state index contributed by atoms with van der Waals surface area (Å²) in [6, 6.07) is 3.28. The Morgan fingerprint density at radius 3 is 3.00 bits per heavy atom. The molecule has 3 nitrogen and oxygen atoms in total. The summed E-state index contributed by atoms with van der Waals surface area (Å²) in [4.78, 5) is 11.0. The fourth-order valence-electron chi connectivity index (χ4n) is 0.722. The lowest BCUT2D eigenvalue weighted by Crippen LogP contribution is -2.06. The third-order valence-corrected chi connectivity index (χ3v) is 1.48. The molecule has 0 N–H and O–H groups in total. The van der Waals surface area contributed by atoms with Gasteiger partial charge in [0.25, 0.3) is 0 Å². The zero-order valence-corrected chi connectivity index (χ0v) is 6.84. The molecule has 0 amide bonds. The Morgan fingerprint density at radius 2 is 2.55 bits per heavy atom. The van der Waals surface area contributed by atoms with Crippen molar-refractivity contribution in [2.24, 2.45) is 0 Å².